The summed E-state index contributed by atoms with van der Waals surface area (Å²) in [5, 5.41) is 15.0. The molecule has 27 heavy (non-hydrogen) atoms. The van der Waals surface area contributed by atoms with Crippen LogP contribution in [0, 0.1) is 5.92 Å². The van der Waals surface area contributed by atoms with Crippen LogP contribution in [0.1, 0.15) is 45.6 Å². The van der Waals surface area contributed by atoms with Gasteiger partial charge < -0.3 is 25.2 Å². The van der Waals surface area contributed by atoms with E-state index in [0.717, 1.165) is 18.4 Å². The molecule has 1 aromatic carbocycles. The van der Waals surface area contributed by atoms with Crippen LogP contribution in [0.4, 0.5) is 9.59 Å². The molecular formula is C20H30N2O5. The molecule has 7 nitrogen and oxygen atoms in total. The second kappa shape index (κ2) is 9.60. The van der Waals surface area contributed by atoms with Crippen LogP contribution in [-0.4, -0.2) is 41.6 Å². The quantitative estimate of drug-likeness (QED) is 0.678. The van der Waals surface area contributed by atoms with E-state index in [2.05, 4.69) is 10.6 Å². The van der Waals surface area contributed by atoms with Crippen molar-refractivity contribution in [1.82, 2.24) is 10.6 Å². The van der Waals surface area contributed by atoms with Gasteiger partial charge in [0.15, 0.2) is 0 Å². The maximum atomic E-state index is 11.9. The Morgan fingerprint density at radius 3 is 2.44 bits per heavy atom. The molecule has 0 aromatic heterocycles. The van der Waals surface area contributed by atoms with Gasteiger partial charge in [-0.15, -0.1) is 0 Å². The molecule has 1 aromatic rings. The minimum absolute atomic E-state index is 0.0780. The first-order chi connectivity index (χ1) is 12.7. The third kappa shape index (κ3) is 7.86. The van der Waals surface area contributed by atoms with E-state index in [9.17, 15) is 14.7 Å². The second-order valence-corrected chi connectivity index (χ2v) is 8.00. The monoisotopic (exact) mass is 378 g/mol. The molecule has 1 saturated carbocycles. The summed E-state index contributed by atoms with van der Waals surface area (Å²) >= 11 is 0. The van der Waals surface area contributed by atoms with E-state index >= 15 is 0 Å². The Morgan fingerprint density at radius 1 is 1.19 bits per heavy atom. The highest BCUT2D eigenvalue weighted by atomic mass is 16.6. The summed E-state index contributed by atoms with van der Waals surface area (Å²) in [6, 6.07) is 9.13. The fraction of sp³-hybridized carbons (Fsp3) is 0.600. The van der Waals surface area contributed by atoms with Gasteiger partial charge in [0, 0.05) is 6.04 Å². The molecule has 2 amide bonds. The summed E-state index contributed by atoms with van der Waals surface area (Å²) in [6.07, 6.45) is 1.30. The van der Waals surface area contributed by atoms with Crippen molar-refractivity contribution in [3.63, 3.8) is 0 Å². The van der Waals surface area contributed by atoms with Crippen molar-refractivity contribution < 1.29 is 24.2 Å². The topological polar surface area (TPSA) is 96.9 Å². The number of amides is 2. The van der Waals surface area contributed by atoms with Crippen molar-refractivity contribution in [1.29, 1.82) is 0 Å². The number of hydrogen-bond acceptors (Lipinski definition) is 5. The lowest BCUT2D eigenvalue weighted by Crippen LogP contribution is -2.48. The smallest absolute Gasteiger partial charge is 0.407 e. The van der Waals surface area contributed by atoms with Gasteiger partial charge in [0.05, 0.1) is 12.6 Å². The van der Waals surface area contributed by atoms with Crippen molar-refractivity contribution in [3.8, 4) is 0 Å². The van der Waals surface area contributed by atoms with Crippen LogP contribution in [-0.2, 0) is 16.1 Å². The molecule has 0 bridgehead atoms. The van der Waals surface area contributed by atoms with Gasteiger partial charge >= 0.3 is 12.2 Å². The van der Waals surface area contributed by atoms with E-state index in [1.54, 1.807) is 0 Å². The van der Waals surface area contributed by atoms with E-state index < -0.39 is 17.8 Å². The zero-order valence-corrected chi connectivity index (χ0v) is 16.2. The lowest BCUT2D eigenvalue weighted by Gasteiger charge is -2.37. The van der Waals surface area contributed by atoms with Crippen molar-refractivity contribution in [2.45, 2.75) is 64.3 Å². The highest BCUT2D eigenvalue weighted by Gasteiger charge is 2.33. The van der Waals surface area contributed by atoms with Gasteiger partial charge in [-0.1, -0.05) is 30.3 Å². The number of alkyl carbamates (subject to hydrolysis) is 2. The maximum absolute atomic E-state index is 11.9. The number of ether oxygens (including phenoxy) is 2. The van der Waals surface area contributed by atoms with Crippen LogP contribution >= 0.6 is 0 Å². The molecule has 0 radical (unpaired) electrons. The average Bonchev–Trinajstić information content (AvgIpc) is 2.56. The molecule has 1 aliphatic rings. The molecule has 0 aliphatic heterocycles. The van der Waals surface area contributed by atoms with Crippen LogP contribution in [0.2, 0.25) is 0 Å². The fourth-order valence-corrected chi connectivity index (χ4v) is 3.03. The lowest BCUT2D eigenvalue weighted by molar-refractivity contribution is 0.0441. The Morgan fingerprint density at radius 2 is 1.85 bits per heavy atom. The number of aliphatic hydroxyl groups excluding tert-OH is 1. The predicted molar refractivity (Wildman–Crippen MR) is 101 cm³/mol. The van der Waals surface area contributed by atoms with Gasteiger partial charge in [0.25, 0.3) is 0 Å². The van der Waals surface area contributed by atoms with Crippen LogP contribution < -0.4 is 10.6 Å². The first-order valence-electron chi connectivity index (χ1n) is 9.32. The third-order valence-electron chi connectivity index (χ3n) is 4.33. The third-order valence-corrected chi connectivity index (χ3v) is 4.33. The van der Waals surface area contributed by atoms with E-state index in [4.69, 9.17) is 9.47 Å². The van der Waals surface area contributed by atoms with Crippen molar-refractivity contribution in [2.75, 3.05) is 6.61 Å². The van der Waals surface area contributed by atoms with Crippen molar-refractivity contribution in [3.05, 3.63) is 35.9 Å². The number of carbonyl (C=O) groups is 2. The zero-order chi connectivity index (χ0) is 19.9. The molecule has 1 aliphatic carbocycles. The lowest BCUT2D eigenvalue weighted by atomic mass is 9.76. The number of nitrogens with one attached hydrogen (secondary N) is 2. The Labute approximate surface area is 160 Å². The van der Waals surface area contributed by atoms with Crippen LogP contribution in [0.25, 0.3) is 0 Å². The number of hydrogen-bond donors (Lipinski definition) is 3. The Bertz CT molecular complexity index is 609. The highest BCUT2D eigenvalue weighted by Crippen LogP contribution is 2.31. The zero-order valence-electron chi connectivity index (χ0n) is 16.2. The standard InChI is InChI=1S/C20H30N2O5/c1-20(2,3)27-19(25)21-16-9-15(10-16)11-17(12-23)22-18(24)26-13-14-7-5-4-6-8-14/h4-8,15-17,23H,9-13H2,1-3H3,(H,21,25)(H,22,24)/t15?,16?,17-/m1/s1. The molecule has 0 unspecified atom stereocenters. The van der Waals surface area contributed by atoms with Crippen LogP contribution in [0.5, 0.6) is 0 Å². The molecule has 0 spiro atoms. The summed E-state index contributed by atoms with van der Waals surface area (Å²) in [7, 11) is 0. The van der Waals surface area contributed by atoms with Gasteiger partial charge in [-0.05, 0) is 51.5 Å². The Hall–Kier alpha value is -2.28. The molecule has 0 saturated heterocycles. The Kier molecular flexibility index (Phi) is 7.47. The van der Waals surface area contributed by atoms with Gasteiger partial charge in [-0.3, -0.25) is 0 Å². The van der Waals surface area contributed by atoms with Gasteiger partial charge in [0.2, 0.25) is 0 Å². The molecular weight excluding hydrogens is 348 g/mol. The fourth-order valence-electron chi connectivity index (χ4n) is 3.03. The van der Waals surface area contributed by atoms with E-state index in [-0.39, 0.29) is 25.3 Å². The van der Waals surface area contributed by atoms with Gasteiger partial charge in [-0.25, -0.2) is 9.59 Å². The largest absolute Gasteiger partial charge is 0.445 e. The Balaban J connectivity index is 1.64. The number of aliphatic hydroxyl groups is 1. The van der Waals surface area contributed by atoms with Crippen molar-refractivity contribution in [2.24, 2.45) is 5.92 Å². The minimum atomic E-state index is -0.541. The van der Waals surface area contributed by atoms with E-state index in [1.807, 2.05) is 51.1 Å². The molecule has 7 heteroatoms. The predicted octanol–water partition coefficient (Wildman–Crippen LogP) is 2.97. The summed E-state index contributed by atoms with van der Waals surface area (Å²) in [6.45, 7) is 5.51. The number of carbonyl (C=O) groups excluding carboxylic acids is 2. The molecule has 1 atom stereocenters. The summed E-state index contributed by atoms with van der Waals surface area (Å²) in [5.74, 6) is 0.330. The maximum Gasteiger partial charge on any atom is 0.407 e. The summed E-state index contributed by atoms with van der Waals surface area (Å²) < 4.78 is 10.4. The van der Waals surface area contributed by atoms with E-state index in [1.165, 1.54) is 0 Å². The van der Waals surface area contributed by atoms with Crippen LogP contribution in [0.15, 0.2) is 30.3 Å². The highest BCUT2D eigenvalue weighted by molar-refractivity contribution is 5.68. The molecule has 150 valence electrons. The molecule has 3 N–H and O–H groups in total. The molecule has 1 fully saturated rings. The van der Waals surface area contributed by atoms with E-state index in [0.29, 0.717) is 12.3 Å². The SMILES string of the molecule is CC(C)(C)OC(=O)NC1CC(C[C@H](CO)NC(=O)OCc2ccccc2)C1. The number of benzene rings is 1. The first-order valence-corrected chi connectivity index (χ1v) is 9.32. The normalized spacial score (nSPS) is 20.1. The molecule has 0 heterocycles. The van der Waals surface area contributed by atoms with Gasteiger partial charge in [0.1, 0.15) is 12.2 Å². The van der Waals surface area contributed by atoms with Gasteiger partial charge in [-0.2, -0.15) is 0 Å². The average molecular weight is 378 g/mol. The second-order valence-electron chi connectivity index (χ2n) is 8.00. The number of rotatable bonds is 7. The molecule has 2 rings (SSSR count). The first kappa shape index (κ1) is 21.0. The van der Waals surface area contributed by atoms with Crippen molar-refractivity contribution >= 4 is 12.2 Å². The summed E-state index contributed by atoms with van der Waals surface area (Å²) in [5.41, 5.74) is 0.391. The summed E-state index contributed by atoms with van der Waals surface area (Å²) in [4.78, 5) is 23.6. The minimum Gasteiger partial charge on any atom is -0.445 e. The van der Waals surface area contributed by atoms with Crippen LogP contribution in [0.3, 0.4) is 0 Å².